The maximum Gasteiger partial charge on any atom is 0.202 e. The number of nitrogens with zero attached hydrogens (tertiary/aromatic N) is 3. The molecule has 0 saturated heterocycles. The van der Waals surface area contributed by atoms with E-state index < -0.39 is 0 Å². The van der Waals surface area contributed by atoms with Gasteiger partial charge < -0.3 is 10.2 Å². The van der Waals surface area contributed by atoms with E-state index in [2.05, 4.69) is 33.7 Å². The molecule has 0 amide bonds. The van der Waals surface area contributed by atoms with E-state index in [1.165, 1.54) is 30.8 Å². The molecule has 0 atom stereocenters. The number of likely N-dealkylation sites (N-methyl/N-ethyl adjacent to an activating group) is 1. The highest BCUT2D eigenvalue weighted by Gasteiger charge is 2.38. The Bertz CT molecular complexity index is 279. The first kappa shape index (κ1) is 9.86. The molecule has 0 radical (unpaired) electrons. The zero-order valence-electron chi connectivity index (χ0n) is 8.66. The van der Waals surface area contributed by atoms with E-state index in [1.807, 2.05) is 0 Å². The van der Waals surface area contributed by atoms with Gasteiger partial charge in [-0.15, -0.1) is 0 Å². The second-order valence-electron chi connectivity index (χ2n) is 4.07. The van der Waals surface area contributed by atoms with Crippen LogP contribution in [0.25, 0.3) is 0 Å². The van der Waals surface area contributed by atoms with Crippen LogP contribution in [-0.2, 0) is 0 Å². The van der Waals surface area contributed by atoms with Crippen molar-refractivity contribution in [2.75, 3.05) is 26.0 Å². The molecule has 1 aromatic heterocycles. The maximum absolute atomic E-state index is 4.11. The van der Waals surface area contributed by atoms with Gasteiger partial charge in [0.1, 0.15) is 6.33 Å². The van der Waals surface area contributed by atoms with E-state index in [0.717, 1.165) is 11.7 Å². The van der Waals surface area contributed by atoms with Crippen LogP contribution in [0.3, 0.4) is 0 Å². The molecule has 1 aliphatic carbocycles. The fourth-order valence-corrected chi connectivity index (χ4v) is 2.28. The first-order valence-corrected chi connectivity index (χ1v) is 5.68. The van der Waals surface area contributed by atoms with Crippen LogP contribution in [0.1, 0.15) is 19.3 Å². The van der Waals surface area contributed by atoms with Crippen molar-refractivity contribution in [3.63, 3.8) is 0 Å². The number of rotatable bonds is 4. The van der Waals surface area contributed by atoms with Crippen molar-refractivity contribution >= 4 is 16.7 Å². The summed E-state index contributed by atoms with van der Waals surface area (Å²) >= 11 is 1.42. The van der Waals surface area contributed by atoms with E-state index in [9.17, 15) is 0 Å². The van der Waals surface area contributed by atoms with E-state index in [4.69, 9.17) is 0 Å². The largest absolute Gasteiger partial charge is 0.358 e. The van der Waals surface area contributed by atoms with E-state index >= 15 is 0 Å². The molecule has 1 aliphatic rings. The van der Waals surface area contributed by atoms with Crippen molar-refractivity contribution in [2.24, 2.45) is 0 Å². The highest BCUT2D eigenvalue weighted by atomic mass is 32.1. The number of nitrogens with one attached hydrogen (secondary N) is 1. The average Bonchev–Trinajstić information content (AvgIpc) is 2.53. The number of hydrogen-bond acceptors (Lipinski definition) is 5. The Hall–Kier alpha value is -0.680. The number of hydrogen-bond donors (Lipinski definition) is 1. The van der Waals surface area contributed by atoms with Crippen molar-refractivity contribution in [3.05, 3.63) is 6.33 Å². The predicted octanol–water partition coefficient (Wildman–Crippen LogP) is 1.43. The van der Waals surface area contributed by atoms with Gasteiger partial charge in [-0.2, -0.15) is 4.37 Å². The highest BCUT2D eigenvalue weighted by molar-refractivity contribution is 7.09. The molecular formula is C9H16N4S. The fourth-order valence-electron chi connectivity index (χ4n) is 1.86. The topological polar surface area (TPSA) is 41.0 Å². The van der Waals surface area contributed by atoms with Gasteiger partial charge >= 0.3 is 0 Å². The first-order chi connectivity index (χ1) is 6.73. The van der Waals surface area contributed by atoms with E-state index in [0.29, 0.717) is 5.54 Å². The molecular weight excluding hydrogens is 196 g/mol. The van der Waals surface area contributed by atoms with Crippen LogP contribution in [0, 0.1) is 0 Å². The van der Waals surface area contributed by atoms with Crippen molar-refractivity contribution < 1.29 is 0 Å². The van der Waals surface area contributed by atoms with Gasteiger partial charge in [-0.25, -0.2) is 4.98 Å². The summed E-state index contributed by atoms with van der Waals surface area (Å²) < 4.78 is 3.97. The van der Waals surface area contributed by atoms with E-state index in [-0.39, 0.29) is 0 Å². The molecule has 0 unspecified atom stereocenters. The summed E-state index contributed by atoms with van der Waals surface area (Å²) in [6.45, 7) is 0.981. The number of anilines is 1. The van der Waals surface area contributed by atoms with Gasteiger partial charge in [-0.3, -0.25) is 0 Å². The molecule has 0 spiro atoms. The quantitative estimate of drug-likeness (QED) is 0.820. The molecule has 2 rings (SSSR count). The van der Waals surface area contributed by atoms with Crippen LogP contribution in [0.2, 0.25) is 0 Å². The second-order valence-corrected chi connectivity index (χ2v) is 4.85. The van der Waals surface area contributed by atoms with Crippen LogP contribution < -0.4 is 5.32 Å². The maximum atomic E-state index is 4.11. The lowest BCUT2D eigenvalue weighted by Crippen LogP contribution is -2.54. The Labute approximate surface area is 88.5 Å². The third kappa shape index (κ3) is 1.74. The molecule has 1 saturated carbocycles. The van der Waals surface area contributed by atoms with Crippen LogP contribution >= 0.6 is 11.5 Å². The Kier molecular flexibility index (Phi) is 2.69. The molecule has 1 N–H and O–H groups in total. The Morgan fingerprint density at radius 1 is 1.57 bits per heavy atom. The van der Waals surface area contributed by atoms with Crippen molar-refractivity contribution in [1.29, 1.82) is 0 Å². The minimum absolute atomic E-state index is 0.353. The molecule has 5 heteroatoms. The average molecular weight is 212 g/mol. The molecule has 1 aromatic rings. The fraction of sp³-hybridized carbons (Fsp3) is 0.778. The minimum Gasteiger partial charge on any atom is -0.358 e. The van der Waals surface area contributed by atoms with Gasteiger partial charge in [0.05, 0.1) is 0 Å². The lowest BCUT2D eigenvalue weighted by atomic mass is 9.75. The molecule has 4 nitrogen and oxygen atoms in total. The first-order valence-electron chi connectivity index (χ1n) is 4.91. The molecule has 0 bridgehead atoms. The van der Waals surface area contributed by atoms with Crippen molar-refractivity contribution in [3.8, 4) is 0 Å². The second kappa shape index (κ2) is 3.82. The summed E-state index contributed by atoms with van der Waals surface area (Å²) in [6.07, 6.45) is 5.50. The van der Waals surface area contributed by atoms with Crippen LogP contribution in [0.4, 0.5) is 5.13 Å². The molecule has 14 heavy (non-hydrogen) atoms. The normalized spacial score (nSPS) is 19.4. The SMILES string of the molecule is CN(C)C1(CNc2ncns2)CCC1. The number of aromatic nitrogens is 2. The Balaban J connectivity index is 1.90. The Morgan fingerprint density at radius 2 is 2.36 bits per heavy atom. The zero-order valence-corrected chi connectivity index (χ0v) is 9.47. The summed E-state index contributed by atoms with van der Waals surface area (Å²) in [6, 6.07) is 0. The minimum atomic E-state index is 0.353. The van der Waals surface area contributed by atoms with Gasteiger partial charge in [0, 0.05) is 23.6 Å². The lowest BCUT2D eigenvalue weighted by molar-refractivity contribution is 0.0739. The third-order valence-electron chi connectivity index (χ3n) is 3.16. The monoisotopic (exact) mass is 212 g/mol. The molecule has 0 aliphatic heterocycles. The standard InChI is InChI=1S/C9H16N4S/c1-13(2)9(4-3-5-9)6-10-8-11-7-12-14-8/h7H,3-6H2,1-2H3,(H,10,11,12). The van der Waals surface area contributed by atoms with Crippen LogP contribution in [0.15, 0.2) is 6.33 Å². The molecule has 1 heterocycles. The van der Waals surface area contributed by atoms with Crippen molar-refractivity contribution in [2.45, 2.75) is 24.8 Å². The summed E-state index contributed by atoms with van der Waals surface area (Å²) in [7, 11) is 4.31. The van der Waals surface area contributed by atoms with Gasteiger partial charge in [0.25, 0.3) is 0 Å². The zero-order chi connectivity index (χ0) is 10.0. The lowest BCUT2D eigenvalue weighted by Gasteiger charge is -2.47. The summed E-state index contributed by atoms with van der Waals surface area (Å²) in [5.74, 6) is 0. The van der Waals surface area contributed by atoms with Gasteiger partial charge in [0.2, 0.25) is 5.13 Å². The van der Waals surface area contributed by atoms with Crippen LogP contribution in [0.5, 0.6) is 0 Å². The predicted molar refractivity (Wildman–Crippen MR) is 58.7 cm³/mol. The van der Waals surface area contributed by atoms with Gasteiger partial charge in [0.15, 0.2) is 0 Å². The molecule has 78 valence electrons. The highest BCUT2D eigenvalue weighted by Crippen LogP contribution is 2.36. The summed E-state index contributed by atoms with van der Waals surface area (Å²) in [4.78, 5) is 6.44. The Morgan fingerprint density at radius 3 is 2.79 bits per heavy atom. The van der Waals surface area contributed by atoms with Crippen molar-refractivity contribution in [1.82, 2.24) is 14.3 Å². The summed E-state index contributed by atoms with van der Waals surface area (Å²) in [5, 5.41) is 4.28. The molecule has 0 aromatic carbocycles. The molecule has 1 fully saturated rings. The smallest absolute Gasteiger partial charge is 0.202 e. The van der Waals surface area contributed by atoms with Crippen LogP contribution in [-0.4, -0.2) is 40.4 Å². The van der Waals surface area contributed by atoms with Gasteiger partial charge in [-0.05, 0) is 33.4 Å². The third-order valence-corrected chi connectivity index (χ3v) is 3.79. The summed E-state index contributed by atoms with van der Waals surface area (Å²) in [5.41, 5.74) is 0.353. The van der Waals surface area contributed by atoms with Gasteiger partial charge in [-0.1, -0.05) is 0 Å². The van der Waals surface area contributed by atoms with E-state index in [1.54, 1.807) is 6.33 Å².